The Bertz CT molecular complexity index is 316. The van der Waals surface area contributed by atoms with Crippen molar-refractivity contribution in [2.45, 2.75) is 64.0 Å². The maximum Gasteiger partial charge on any atom is 0.227 e. The Morgan fingerprint density at radius 1 is 1.11 bits per heavy atom. The molecule has 1 N–H and O–H groups in total. The average Bonchev–Trinajstić information content (AvgIpc) is 2.83. The fourth-order valence-electron chi connectivity index (χ4n) is 4.31. The van der Waals surface area contributed by atoms with E-state index in [9.17, 15) is 4.79 Å². The van der Waals surface area contributed by atoms with E-state index in [-0.39, 0.29) is 5.92 Å². The number of hydrogen-bond donors (Lipinski definition) is 1. The Kier molecular flexibility index (Phi) is 3.60. The van der Waals surface area contributed by atoms with Gasteiger partial charge in [0, 0.05) is 18.6 Å². The highest BCUT2D eigenvalue weighted by molar-refractivity contribution is 5.80. The van der Waals surface area contributed by atoms with Crippen LogP contribution in [0.2, 0.25) is 0 Å². The quantitative estimate of drug-likeness (QED) is 0.773. The highest BCUT2D eigenvalue weighted by Gasteiger charge is 2.40. The van der Waals surface area contributed by atoms with Crippen LogP contribution >= 0.6 is 0 Å². The summed E-state index contributed by atoms with van der Waals surface area (Å²) in [5.74, 6) is 1.50. The standard InChI is InChI=1S/C15H26N2O/c1-11-13(8-9-16-11)15(18)17-10-4-6-12-5-2-3-7-14(12)17/h11-14,16H,2-10H2,1H3. The minimum Gasteiger partial charge on any atom is -0.339 e. The molecule has 0 aromatic heterocycles. The van der Waals surface area contributed by atoms with Crippen LogP contribution in [0.3, 0.4) is 0 Å². The summed E-state index contributed by atoms with van der Waals surface area (Å²) in [5.41, 5.74) is 0. The van der Waals surface area contributed by atoms with Gasteiger partial charge in [-0.3, -0.25) is 4.79 Å². The van der Waals surface area contributed by atoms with Crippen LogP contribution in [-0.2, 0) is 4.79 Å². The van der Waals surface area contributed by atoms with E-state index in [1.54, 1.807) is 0 Å². The molecule has 2 saturated heterocycles. The van der Waals surface area contributed by atoms with Gasteiger partial charge in [-0.15, -0.1) is 0 Å². The molecule has 1 amide bonds. The van der Waals surface area contributed by atoms with Gasteiger partial charge in [-0.2, -0.15) is 0 Å². The predicted molar refractivity (Wildman–Crippen MR) is 72.3 cm³/mol. The molecule has 2 heterocycles. The van der Waals surface area contributed by atoms with Gasteiger partial charge in [0.25, 0.3) is 0 Å². The number of carbonyl (C=O) groups is 1. The number of hydrogen-bond acceptors (Lipinski definition) is 2. The van der Waals surface area contributed by atoms with Gasteiger partial charge in [0.2, 0.25) is 5.91 Å². The fourth-order valence-corrected chi connectivity index (χ4v) is 4.31. The van der Waals surface area contributed by atoms with E-state index in [4.69, 9.17) is 0 Å². The zero-order chi connectivity index (χ0) is 12.5. The number of amides is 1. The van der Waals surface area contributed by atoms with Crippen LogP contribution in [0.4, 0.5) is 0 Å². The normalized spacial score (nSPS) is 40.6. The number of carbonyl (C=O) groups excluding carboxylic acids is 1. The van der Waals surface area contributed by atoms with Crippen molar-refractivity contribution in [3.8, 4) is 0 Å². The molecule has 102 valence electrons. The summed E-state index contributed by atoms with van der Waals surface area (Å²) in [5, 5.41) is 3.41. The first kappa shape index (κ1) is 12.5. The molecule has 4 unspecified atom stereocenters. The van der Waals surface area contributed by atoms with Crippen molar-refractivity contribution in [1.82, 2.24) is 10.2 Å². The van der Waals surface area contributed by atoms with Gasteiger partial charge in [-0.25, -0.2) is 0 Å². The van der Waals surface area contributed by atoms with E-state index in [0.717, 1.165) is 25.4 Å². The number of nitrogens with one attached hydrogen (secondary N) is 1. The molecule has 1 saturated carbocycles. The van der Waals surface area contributed by atoms with Gasteiger partial charge < -0.3 is 10.2 Å². The van der Waals surface area contributed by atoms with Crippen LogP contribution in [0.15, 0.2) is 0 Å². The number of rotatable bonds is 1. The van der Waals surface area contributed by atoms with Crippen LogP contribution in [-0.4, -0.2) is 36.0 Å². The van der Waals surface area contributed by atoms with Crippen molar-refractivity contribution in [2.24, 2.45) is 11.8 Å². The molecule has 18 heavy (non-hydrogen) atoms. The summed E-state index contributed by atoms with van der Waals surface area (Å²) in [6.07, 6.45) is 8.92. The Labute approximate surface area is 110 Å². The molecule has 3 rings (SSSR count). The van der Waals surface area contributed by atoms with E-state index >= 15 is 0 Å². The van der Waals surface area contributed by atoms with E-state index in [2.05, 4.69) is 17.1 Å². The zero-order valence-electron chi connectivity index (χ0n) is 11.5. The lowest BCUT2D eigenvalue weighted by atomic mass is 9.77. The maximum atomic E-state index is 12.8. The summed E-state index contributed by atoms with van der Waals surface area (Å²) in [7, 11) is 0. The lowest BCUT2D eigenvalue weighted by molar-refractivity contribution is -0.142. The highest BCUT2D eigenvalue weighted by atomic mass is 16.2. The van der Waals surface area contributed by atoms with Crippen molar-refractivity contribution < 1.29 is 4.79 Å². The van der Waals surface area contributed by atoms with Crippen LogP contribution in [0, 0.1) is 11.8 Å². The second-order valence-corrected chi connectivity index (χ2v) is 6.42. The van der Waals surface area contributed by atoms with E-state index in [1.807, 2.05) is 0 Å². The highest BCUT2D eigenvalue weighted by Crippen LogP contribution is 2.36. The van der Waals surface area contributed by atoms with Crippen molar-refractivity contribution in [2.75, 3.05) is 13.1 Å². The van der Waals surface area contributed by atoms with Crippen LogP contribution in [0.1, 0.15) is 51.9 Å². The Balaban J connectivity index is 1.71. The van der Waals surface area contributed by atoms with Crippen molar-refractivity contribution in [3.63, 3.8) is 0 Å². The molecule has 0 aromatic carbocycles. The molecular weight excluding hydrogens is 224 g/mol. The molecule has 2 aliphatic heterocycles. The molecular formula is C15H26N2O. The molecule has 3 nitrogen and oxygen atoms in total. The summed E-state index contributed by atoms with van der Waals surface area (Å²) < 4.78 is 0. The lowest BCUT2D eigenvalue weighted by Crippen LogP contribution is -2.52. The third kappa shape index (κ3) is 2.18. The van der Waals surface area contributed by atoms with Gasteiger partial charge in [0.15, 0.2) is 0 Å². The van der Waals surface area contributed by atoms with Gasteiger partial charge in [0.05, 0.1) is 5.92 Å². The molecule has 0 spiro atoms. The molecule has 4 atom stereocenters. The number of likely N-dealkylation sites (tertiary alicyclic amines) is 1. The molecule has 0 bridgehead atoms. The summed E-state index contributed by atoms with van der Waals surface area (Å²) >= 11 is 0. The van der Waals surface area contributed by atoms with Gasteiger partial charge >= 0.3 is 0 Å². The lowest BCUT2D eigenvalue weighted by Gasteiger charge is -2.45. The average molecular weight is 250 g/mol. The predicted octanol–water partition coefficient (Wildman–Crippen LogP) is 2.17. The second kappa shape index (κ2) is 5.20. The van der Waals surface area contributed by atoms with Gasteiger partial charge in [0.1, 0.15) is 0 Å². The third-order valence-corrected chi connectivity index (χ3v) is 5.37. The molecule has 3 fully saturated rings. The number of nitrogens with zero attached hydrogens (tertiary/aromatic N) is 1. The first-order valence-corrected chi connectivity index (χ1v) is 7.81. The van der Waals surface area contributed by atoms with Gasteiger partial charge in [-0.05, 0) is 51.5 Å². The van der Waals surface area contributed by atoms with E-state index in [0.29, 0.717) is 18.0 Å². The number of piperidine rings is 1. The largest absolute Gasteiger partial charge is 0.339 e. The molecule has 3 aliphatic rings. The van der Waals surface area contributed by atoms with E-state index in [1.165, 1.54) is 38.5 Å². The van der Waals surface area contributed by atoms with E-state index < -0.39 is 0 Å². The molecule has 3 heteroatoms. The summed E-state index contributed by atoms with van der Waals surface area (Å²) in [6, 6.07) is 0.953. The first-order chi connectivity index (χ1) is 8.77. The minimum atomic E-state index is 0.241. The van der Waals surface area contributed by atoms with Crippen LogP contribution in [0.5, 0.6) is 0 Å². The maximum absolute atomic E-state index is 12.8. The first-order valence-electron chi connectivity index (χ1n) is 7.81. The Hall–Kier alpha value is -0.570. The smallest absolute Gasteiger partial charge is 0.227 e. The fraction of sp³-hybridized carbons (Fsp3) is 0.933. The second-order valence-electron chi connectivity index (χ2n) is 6.42. The third-order valence-electron chi connectivity index (χ3n) is 5.37. The molecule has 0 aromatic rings. The Morgan fingerprint density at radius 3 is 2.67 bits per heavy atom. The van der Waals surface area contributed by atoms with Crippen LogP contribution in [0.25, 0.3) is 0 Å². The molecule has 1 aliphatic carbocycles. The zero-order valence-corrected chi connectivity index (χ0v) is 11.5. The van der Waals surface area contributed by atoms with Crippen molar-refractivity contribution >= 4 is 5.91 Å². The minimum absolute atomic E-state index is 0.241. The monoisotopic (exact) mass is 250 g/mol. The topological polar surface area (TPSA) is 32.3 Å². The van der Waals surface area contributed by atoms with Crippen molar-refractivity contribution in [1.29, 1.82) is 0 Å². The van der Waals surface area contributed by atoms with Gasteiger partial charge in [-0.1, -0.05) is 12.8 Å². The SMILES string of the molecule is CC1NCCC1C(=O)N1CCCC2CCCCC21. The Morgan fingerprint density at radius 2 is 1.89 bits per heavy atom. The number of fused-ring (bicyclic) bond motifs is 1. The van der Waals surface area contributed by atoms with Crippen molar-refractivity contribution in [3.05, 3.63) is 0 Å². The van der Waals surface area contributed by atoms with Crippen LogP contribution < -0.4 is 5.32 Å². The summed E-state index contributed by atoms with van der Waals surface area (Å²) in [4.78, 5) is 15.0. The molecule has 0 radical (unpaired) electrons. The summed E-state index contributed by atoms with van der Waals surface area (Å²) in [6.45, 7) is 4.20.